The topological polar surface area (TPSA) is 49.8 Å². The molecule has 2 heterocycles. The van der Waals surface area contributed by atoms with Crippen molar-refractivity contribution >= 4 is 5.82 Å². The van der Waals surface area contributed by atoms with Crippen LogP contribution in [0.25, 0.3) is 0 Å². The minimum absolute atomic E-state index is 0.521. The molecule has 16 heavy (non-hydrogen) atoms. The van der Waals surface area contributed by atoms with Gasteiger partial charge in [0.05, 0.1) is 17.6 Å². The highest BCUT2D eigenvalue weighted by atomic mass is 15.1. The first-order chi connectivity index (χ1) is 7.65. The highest BCUT2D eigenvalue weighted by molar-refractivity contribution is 5.34. The van der Waals surface area contributed by atoms with E-state index in [0.717, 1.165) is 36.6 Å². The van der Waals surface area contributed by atoms with Crippen LogP contribution < -0.4 is 10.6 Å². The predicted octanol–water partition coefficient (Wildman–Crippen LogP) is 1.65. The zero-order valence-electron chi connectivity index (χ0n) is 10.2. The first kappa shape index (κ1) is 11.3. The van der Waals surface area contributed by atoms with Gasteiger partial charge in [-0.05, 0) is 40.2 Å². The monoisotopic (exact) mass is 220 g/mol. The van der Waals surface area contributed by atoms with Crippen LogP contribution in [0.4, 0.5) is 5.82 Å². The van der Waals surface area contributed by atoms with E-state index in [-0.39, 0.29) is 0 Å². The van der Waals surface area contributed by atoms with Crippen molar-refractivity contribution in [3.05, 3.63) is 17.6 Å². The van der Waals surface area contributed by atoms with Crippen molar-refractivity contribution in [2.45, 2.75) is 45.7 Å². The molecule has 1 aromatic rings. The molecule has 1 saturated heterocycles. The van der Waals surface area contributed by atoms with Crippen molar-refractivity contribution in [1.29, 1.82) is 0 Å². The zero-order valence-corrected chi connectivity index (χ0v) is 10.2. The molecule has 1 aliphatic rings. The van der Waals surface area contributed by atoms with E-state index >= 15 is 0 Å². The quantitative estimate of drug-likeness (QED) is 0.795. The molecule has 0 bridgehead atoms. The number of hydrogen-bond donors (Lipinski definition) is 2. The molecule has 4 nitrogen and oxygen atoms in total. The van der Waals surface area contributed by atoms with E-state index in [2.05, 4.69) is 27.5 Å². The standard InChI is InChI=1S/C12H20N4/c1-8-6-11(4-5-13-8)16-12-7-14-9(2)10(3)15-12/h7-8,11,13H,4-6H2,1-3H3,(H,15,16). The van der Waals surface area contributed by atoms with Crippen molar-refractivity contribution in [3.63, 3.8) is 0 Å². The van der Waals surface area contributed by atoms with Crippen LogP contribution in [0.2, 0.25) is 0 Å². The minimum Gasteiger partial charge on any atom is -0.366 e. The number of aryl methyl sites for hydroxylation is 2. The maximum Gasteiger partial charge on any atom is 0.145 e. The Bertz CT molecular complexity index is 364. The number of nitrogens with zero attached hydrogens (tertiary/aromatic N) is 2. The molecule has 2 unspecified atom stereocenters. The Balaban J connectivity index is 2.00. The SMILES string of the molecule is Cc1ncc(NC2CCNC(C)C2)nc1C. The molecule has 0 aliphatic carbocycles. The van der Waals surface area contributed by atoms with E-state index in [0.29, 0.717) is 12.1 Å². The molecule has 0 amide bonds. The van der Waals surface area contributed by atoms with E-state index in [4.69, 9.17) is 0 Å². The van der Waals surface area contributed by atoms with Gasteiger partial charge < -0.3 is 10.6 Å². The number of rotatable bonds is 2. The molecule has 1 aliphatic heterocycles. The molecule has 4 heteroatoms. The van der Waals surface area contributed by atoms with Crippen LogP contribution in [0.15, 0.2) is 6.20 Å². The fourth-order valence-electron chi connectivity index (χ4n) is 2.08. The summed E-state index contributed by atoms with van der Waals surface area (Å²) in [5.41, 5.74) is 2.01. The van der Waals surface area contributed by atoms with Crippen molar-refractivity contribution in [3.8, 4) is 0 Å². The van der Waals surface area contributed by atoms with Gasteiger partial charge in [-0.25, -0.2) is 4.98 Å². The van der Waals surface area contributed by atoms with Crippen molar-refractivity contribution in [2.75, 3.05) is 11.9 Å². The van der Waals surface area contributed by atoms with Crippen LogP contribution in [0.1, 0.15) is 31.2 Å². The Kier molecular flexibility index (Phi) is 3.39. The third-order valence-electron chi connectivity index (χ3n) is 3.17. The summed E-state index contributed by atoms with van der Waals surface area (Å²) < 4.78 is 0. The third-order valence-corrected chi connectivity index (χ3v) is 3.17. The van der Waals surface area contributed by atoms with Crippen molar-refractivity contribution < 1.29 is 0 Å². The highest BCUT2D eigenvalue weighted by Gasteiger charge is 2.18. The van der Waals surface area contributed by atoms with Gasteiger partial charge in [0.2, 0.25) is 0 Å². The second-order valence-electron chi connectivity index (χ2n) is 4.65. The summed E-state index contributed by atoms with van der Waals surface area (Å²) in [6.07, 6.45) is 4.13. The number of piperidine rings is 1. The van der Waals surface area contributed by atoms with Gasteiger partial charge in [-0.15, -0.1) is 0 Å². The van der Waals surface area contributed by atoms with E-state index in [1.807, 2.05) is 20.0 Å². The van der Waals surface area contributed by atoms with Crippen LogP contribution in [0.3, 0.4) is 0 Å². The molecular weight excluding hydrogens is 200 g/mol. The number of anilines is 1. The average Bonchev–Trinajstić information content (AvgIpc) is 2.24. The lowest BCUT2D eigenvalue weighted by Gasteiger charge is -2.29. The second-order valence-corrected chi connectivity index (χ2v) is 4.65. The van der Waals surface area contributed by atoms with Crippen LogP contribution >= 0.6 is 0 Å². The summed E-state index contributed by atoms with van der Waals surface area (Å²) >= 11 is 0. The number of hydrogen-bond acceptors (Lipinski definition) is 4. The lowest BCUT2D eigenvalue weighted by molar-refractivity contribution is 0.395. The summed E-state index contributed by atoms with van der Waals surface area (Å²) in [5.74, 6) is 0.905. The van der Waals surface area contributed by atoms with E-state index < -0.39 is 0 Å². The first-order valence-electron chi connectivity index (χ1n) is 5.95. The van der Waals surface area contributed by atoms with Crippen LogP contribution in [0.5, 0.6) is 0 Å². The molecule has 2 rings (SSSR count). The van der Waals surface area contributed by atoms with Gasteiger partial charge in [0.15, 0.2) is 0 Å². The van der Waals surface area contributed by atoms with Gasteiger partial charge >= 0.3 is 0 Å². The van der Waals surface area contributed by atoms with Crippen molar-refractivity contribution in [1.82, 2.24) is 15.3 Å². The average molecular weight is 220 g/mol. The zero-order chi connectivity index (χ0) is 11.5. The lowest BCUT2D eigenvalue weighted by atomic mass is 10.0. The third kappa shape index (κ3) is 2.70. The normalized spacial score (nSPS) is 25.4. The first-order valence-corrected chi connectivity index (χ1v) is 5.95. The Morgan fingerprint density at radius 1 is 1.38 bits per heavy atom. The molecule has 1 aromatic heterocycles. The van der Waals surface area contributed by atoms with E-state index in [1.54, 1.807) is 0 Å². The lowest BCUT2D eigenvalue weighted by Crippen LogP contribution is -2.41. The smallest absolute Gasteiger partial charge is 0.145 e. The van der Waals surface area contributed by atoms with Gasteiger partial charge in [-0.2, -0.15) is 0 Å². The Morgan fingerprint density at radius 3 is 2.88 bits per heavy atom. The number of nitrogens with one attached hydrogen (secondary N) is 2. The van der Waals surface area contributed by atoms with E-state index in [1.165, 1.54) is 0 Å². The maximum absolute atomic E-state index is 4.50. The molecule has 2 atom stereocenters. The van der Waals surface area contributed by atoms with Crippen molar-refractivity contribution in [2.24, 2.45) is 0 Å². The predicted molar refractivity (Wildman–Crippen MR) is 65.6 cm³/mol. The van der Waals surface area contributed by atoms with Gasteiger partial charge in [0.25, 0.3) is 0 Å². The fraction of sp³-hybridized carbons (Fsp3) is 0.667. The Hall–Kier alpha value is -1.16. The van der Waals surface area contributed by atoms with Crippen LogP contribution in [0, 0.1) is 13.8 Å². The fourth-order valence-corrected chi connectivity index (χ4v) is 2.08. The highest BCUT2D eigenvalue weighted by Crippen LogP contribution is 2.14. The van der Waals surface area contributed by atoms with Gasteiger partial charge in [-0.1, -0.05) is 0 Å². The summed E-state index contributed by atoms with van der Waals surface area (Å²) in [6, 6.07) is 1.11. The minimum atomic E-state index is 0.521. The summed E-state index contributed by atoms with van der Waals surface area (Å²) in [7, 11) is 0. The van der Waals surface area contributed by atoms with Crippen LogP contribution in [-0.4, -0.2) is 28.6 Å². The Labute approximate surface area is 96.9 Å². The molecule has 2 N–H and O–H groups in total. The summed E-state index contributed by atoms with van der Waals surface area (Å²) in [4.78, 5) is 8.82. The Morgan fingerprint density at radius 2 is 2.19 bits per heavy atom. The molecule has 88 valence electrons. The van der Waals surface area contributed by atoms with Gasteiger partial charge in [0, 0.05) is 12.1 Å². The van der Waals surface area contributed by atoms with Crippen LogP contribution in [-0.2, 0) is 0 Å². The molecule has 0 spiro atoms. The van der Waals surface area contributed by atoms with Gasteiger partial charge in [-0.3, -0.25) is 4.98 Å². The number of aromatic nitrogens is 2. The molecule has 1 fully saturated rings. The summed E-state index contributed by atoms with van der Waals surface area (Å²) in [5, 5.41) is 6.91. The van der Waals surface area contributed by atoms with Gasteiger partial charge in [0.1, 0.15) is 5.82 Å². The molecule has 0 saturated carbocycles. The second kappa shape index (κ2) is 4.78. The maximum atomic E-state index is 4.50. The molecule has 0 radical (unpaired) electrons. The molecule has 0 aromatic carbocycles. The van der Waals surface area contributed by atoms with E-state index in [9.17, 15) is 0 Å². The largest absolute Gasteiger partial charge is 0.366 e. The molecular formula is C12H20N4. The summed E-state index contributed by atoms with van der Waals surface area (Å²) in [6.45, 7) is 7.29.